The van der Waals surface area contributed by atoms with Gasteiger partial charge in [-0.1, -0.05) is 24.3 Å². The van der Waals surface area contributed by atoms with Crippen LogP contribution in [0.25, 0.3) is 0 Å². The lowest BCUT2D eigenvalue weighted by molar-refractivity contribution is 0.102. The summed E-state index contributed by atoms with van der Waals surface area (Å²) in [6.45, 7) is 5.38. The Morgan fingerprint density at radius 2 is 1.90 bits per heavy atom. The van der Waals surface area contributed by atoms with Crippen molar-refractivity contribution in [1.29, 1.82) is 0 Å². The molecule has 0 aliphatic carbocycles. The molecule has 2 aromatic carbocycles. The maximum atomic E-state index is 13.9. The summed E-state index contributed by atoms with van der Waals surface area (Å²) in [5.74, 6) is -0.697. The molecule has 0 bridgehead atoms. The van der Waals surface area contributed by atoms with Crippen molar-refractivity contribution in [2.24, 2.45) is 0 Å². The van der Waals surface area contributed by atoms with Gasteiger partial charge in [0.05, 0.1) is 10.6 Å². The molecule has 0 radical (unpaired) electrons. The van der Waals surface area contributed by atoms with E-state index in [1.807, 2.05) is 0 Å². The molecule has 1 aromatic heterocycles. The van der Waals surface area contributed by atoms with Crippen LogP contribution in [-0.2, 0) is 16.4 Å². The molecule has 0 spiro atoms. The maximum absolute atomic E-state index is 13.9. The smallest absolute Gasteiger partial charge is 0.257 e. The fourth-order valence-electron chi connectivity index (χ4n) is 2.67. The van der Waals surface area contributed by atoms with Gasteiger partial charge in [0.1, 0.15) is 5.82 Å². The van der Waals surface area contributed by atoms with Gasteiger partial charge in [-0.3, -0.25) is 10.1 Å². The number of nitrogens with zero attached hydrogens (tertiary/aromatic N) is 1. The van der Waals surface area contributed by atoms with E-state index in [1.165, 1.54) is 47.7 Å². The zero-order valence-electron chi connectivity index (χ0n) is 16.2. The molecule has 0 fully saturated rings. The van der Waals surface area contributed by atoms with E-state index in [0.29, 0.717) is 28.4 Å². The van der Waals surface area contributed by atoms with Gasteiger partial charge in [0, 0.05) is 23.4 Å². The summed E-state index contributed by atoms with van der Waals surface area (Å²) in [4.78, 5) is 17.7. The SMILES string of the molecule is C=CCNS(=O)(=O)c1ccc(C(=O)Nc2nc(C)c(Cc3ccccc3F)s2)cc1. The first-order valence-corrected chi connectivity index (χ1v) is 11.3. The number of aromatic nitrogens is 1. The summed E-state index contributed by atoms with van der Waals surface area (Å²) in [5, 5.41) is 3.11. The number of amides is 1. The number of sulfonamides is 1. The van der Waals surface area contributed by atoms with E-state index in [9.17, 15) is 17.6 Å². The van der Waals surface area contributed by atoms with E-state index in [2.05, 4.69) is 21.6 Å². The Hall–Kier alpha value is -2.88. The predicted octanol–water partition coefficient (Wildman–Crippen LogP) is 3.90. The molecule has 0 unspecified atom stereocenters. The quantitative estimate of drug-likeness (QED) is 0.515. The molecule has 1 amide bonds. The van der Waals surface area contributed by atoms with Gasteiger partial charge < -0.3 is 0 Å². The van der Waals surface area contributed by atoms with E-state index in [-0.39, 0.29) is 17.3 Å². The van der Waals surface area contributed by atoms with Crippen molar-refractivity contribution in [3.05, 3.63) is 88.7 Å². The number of rotatable bonds is 8. The average molecular weight is 446 g/mol. The van der Waals surface area contributed by atoms with Crippen molar-refractivity contribution in [2.75, 3.05) is 11.9 Å². The highest BCUT2D eigenvalue weighted by Gasteiger charge is 2.16. The molecule has 2 N–H and O–H groups in total. The summed E-state index contributed by atoms with van der Waals surface area (Å²) in [6, 6.07) is 12.1. The Balaban J connectivity index is 1.70. The number of benzene rings is 2. The van der Waals surface area contributed by atoms with Crippen LogP contribution < -0.4 is 10.0 Å². The van der Waals surface area contributed by atoms with Crippen LogP contribution in [0.1, 0.15) is 26.5 Å². The zero-order valence-corrected chi connectivity index (χ0v) is 17.8. The Kier molecular flexibility index (Phi) is 6.76. The summed E-state index contributed by atoms with van der Waals surface area (Å²) >= 11 is 1.28. The van der Waals surface area contributed by atoms with Gasteiger partial charge in [0.2, 0.25) is 10.0 Å². The van der Waals surface area contributed by atoms with E-state index >= 15 is 0 Å². The van der Waals surface area contributed by atoms with Crippen molar-refractivity contribution in [1.82, 2.24) is 9.71 Å². The largest absolute Gasteiger partial charge is 0.298 e. The Morgan fingerprint density at radius 3 is 2.57 bits per heavy atom. The Bertz CT molecular complexity index is 1170. The van der Waals surface area contributed by atoms with E-state index in [1.54, 1.807) is 25.1 Å². The summed E-state index contributed by atoms with van der Waals surface area (Å²) in [5.41, 5.74) is 1.57. The number of nitrogens with one attached hydrogen (secondary N) is 2. The van der Waals surface area contributed by atoms with Crippen LogP contribution in [0.2, 0.25) is 0 Å². The molecule has 3 aromatic rings. The van der Waals surface area contributed by atoms with E-state index in [4.69, 9.17) is 0 Å². The van der Waals surface area contributed by atoms with Gasteiger partial charge in [-0.15, -0.1) is 17.9 Å². The summed E-state index contributed by atoms with van der Waals surface area (Å²) < 4.78 is 40.4. The van der Waals surface area contributed by atoms with Gasteiger partial charge >= 0.3 is 0 Å². The minimum Gasteiger partial charge on any atom is -0.298 e. The minimum atomic E-state index is -3.65. The van der Waals surface area contributed by atoms with Crippen LogP contribution in [0.5, 0.6) is 0 Å². The number of hydrogen-bond donors (Lipinski definition) is 2. The molecule has 6 nitrogen and oxygen atoms in total. The molecule has 0 saturated heterocycles. The zero-order chi connectivity index (χ0) is 21.7. The van der Waals surface area contributed by atoms with Crippen molar-refractivity contribution in [3.8, 4) is 0 Å². The minimum absolute atomic E-state index is 0.0539. The first-order valence-electron chi connectivity index (χ1n) is 9.02. The van der Waals surface area contributed by atoms with Crippen molar-refractivity contribution < 1.29 is 17.6 Å². The van der Waals surface area contributed by atoms with Crippen LogP contribution >= 0.6 is 11.3 Å². The number of anilines is 1. The molecule has 30 heavy (non-hydrogen) atoms. The van der Waals surface area contributed by atoms with Crippen molar-refractivity contribution in [2.45, 2.75) is 18.2 Å². The number of carbonyl (C=O) groups is 1. The Labute approximate surface area is 178 Å². The highest BCUT2D eigenvalue weighted by molar-refractivity contribution is 7.89. The molecule has 156 valence electrons. The van der Waals surface area contributed by atoms with Gasteiger partial charge in [0.15, 0.2) is 5.13 Å². The third-order valence-electron chi connectivity index (χ3n) is 4.27. The van der Waals surface area contributed by atoms with Gasteiger partial charge in [0.25, 0.3) is 5.91 Å². The highest BCUT2D eigenvalue weighted by atomic mass is 32.2. The van der Waals surface area contributed by atoms with Crippen LogP contribution in [0.4, 0.5) is 9.52 Å². The molecule has 0 aliphatic heterocycles. The number of aryl methyl sites for hydroxylation is 1. The lowest BCUT2D eigenvalue weighted by atomic mass is 10.1. The van der Waals surface area contributed by atoms with Crippen molar-refractivity contribution in [3.63, 3.8) is 0 Å². The first-order chi connectivity index (χ1) is 14.3. The van der Waals surface area contributed by atoms with Gasteiger partial charge in [-0.05, 0) is 42.8 Å². The molecule has 0 saturated carbocycles. The molecule has 9 heteroatoms. The van der Waals surface area contributed by atoms with Gasteiger partial charge in [-0.2, -0.15) is 0 Å². The second kappa shape index (κ2) is 9.29. The third kappa shape index (κ3) is 5.18. The lowest BCUT2D eigenvalue weighted by Gasteiger charge is -2.06. The van der Waals surface area contributed by atoms with Crippen molar-refractivity contribution >= 4 is 32.4 Å². The highest BCUT2D eigenvalue weighted by Crippen LogP contribution is 2.26. The standard InChI is InChI=1S/C21H20FN3O3S2/c1-3-12-23-30(27,28)17-10-8-15(9-11-17)20(26)25-21-24-14(2)19(29-21)13-16-6-4-5-7-18(16)22/h3-11,23H,1,12-13H2,2H3,(H,24,25,26). The monoisotopic (exact) mass is 445 g/mol. The normalized spacial score (nSPS) is 11.3. The molecular formula is C21H20FN3O3S2. The number of halogens is 1. The summed E-state index contributed by atoms with van der Waals surface area (Å²) in [7, 11) is -3.65. The van der Waals surface area contributed by atoms with Crippen LogP contribution in [0.15, 0.2) is 66.1 Å². The molecular weight excluding hydrogens is 425 g/mol. The van der Waals surface area contributed by atoms with E-state index in [0.717, 1.165) is 4.88 Å². The molecule has 0 atom stereocenters. The first kappa shape index (κ1) is 21.8. The second-order valence-corrected chi connectivity index (χ2v) is 9.27. The predicted molar refractivity (Wildman–Crippen MR) is 116 cm³/mol. The Morgan fingerprint density at radius 1 is 1.20 bits per heavy atom. The number of carbonyl (C=O) groups excluding carboxylic acids is 1. The maximum Gasteiger partial charge on any atom is 0.257 e. The molecule has 0 aliphatic rings. The third-order valence-corrected chi connectivity index (χ3v) is 6.78. The average Bonchev–Trinajstić information content (AvgIpc) is 3.07. The van der Waals surface area contributed by atoms with E-state index < -0.39 is 15.9 Å². The fraction of sp³-hybridized carbons (Fsp3) is 0.143. The number of thiazole rings is 1. The molecule has 3 rings (SSSR count). The van der Waals surface area contributed by atoms with Crippen LogP contribution in [-0.4, -0.2) is 25.9 Å². The topological polar surface area (TPSA) is 88.2 Å². The van der Waals surface area contributed by atoms with Crippen LogP contribution in [0, 0.1) is 12.7 Å². The lowest BCUT2D eigenvalue weighted by Crippen LogP contribution is -2.23. The number of hydrogen-bond acceptors (Lipinski definition) is 5. The summed E-state index contributed by atoms with van der Waals surface area (Å²) in [6.07, 6.45) is 1.83. The second-order valence-electron chi connectivity index (χ2n) is 6.41. The molecule has 1 heterocycles. The fourth-order valence-corrected chi connectivity index (χ4v) is 4.65. The van der Waals surface area contributed by atoms with Crippen LogP contribution in [0.3, 0.4) is 0 Å². The van der Waals surface area contributed by atoms with Gasteiger partial charge in [-0.25, -0.2) is 22.5 Å².